The van der Waals surface area contributed by atoms with Gasteiger partial charge in [-0.25, -0.2) is 0 Å². The van der Waals surface area contributed by atoms with E-state index >= 15 is 0 Å². The molecule has 0 saturated heterocycles. The van der Waals surface area contributed by atoms with Gasteiger partial charge in [-0.3, -0.25) is 4.79 Å². The number of hydrogen-bond acceptors (Lipinski definition) is 2. The highest BCUT2D eigenvalue weighted by Gasteiger charge is 2.29. The summed E-state index contributed by atoms with van der Waals surface area (Å²) in [5, 5.41) is 0. The summed E-state index contributed by atoms with van der Waals surface area (Å²) in [4.78, 5) is 12.5. The van der Waals surface area contributed by atoms with E-state index in [1.807, 2.05) is 0 Å². The van der Waals surface area contributed by atoms with Crippen molar-refractivity contribution in [3.8, 4) is 0 Å². The topological polar surface area (TPSA) is 46.3 Å². The largest absolute Gasteiger partial charge is 0.416 e. The van der Waals surface area contributed by atoms with Crippen LogP contribution in [0.2, 0.25) is 0 Å². The van der Waals surface area contributed by atoms with E-state index in [1.54, 1.807) is 7.05 Å². The third-order valence-corrected chi connectivity index (χ3v) is 2.30. The first-order valence-corrected chi connectivity index (χ1v) is 4.94. The summed E-state index contributed by atoms with van der Waals surface area (Å²) in [7, 11) is 1.55. The molecule has 0 aliphatic heterocycles. The molecule has 1 aromatic rings. The molecule has 1 aromatic carbocycles. The summed E-state index contributed by atoms with van der Waals surface area (Å²) in [6.07, 6.45) is -4.34. The third-order valence-electron chi connectivity index (χ3n) is 2.30. The van der Waals surface area contributed by atoms with Crippen molar-refractivity contribution in [3.63, 3.8) is 0 Å². The monoisotopic (exact) mass is 246 g/mol. The first-order valence-electron chi connectivity index (χ1n) is 4.94. The first-order chi connectivity index (χ1) is 7.84. The van der Waals surface area contributed by atoms with Crippen LogP contribution in [0.3, 0.4) is 0 Å². The number of halogens is 3. The van der Waals surface area contributed by atoms with Crippen LogP contribution in [0.5, 0.6) is 0 Å². The highest BCUT2D eigenvalue weighted by Crippen LogP contribution is 2.29. The summed E-state index contributed by atoms with van der Waals surface area (Å²) in [5.41, 5.74) is 5.10. The van der Waals surface area contributed by atoms with Crippen molar-refractivity contribution < 1.29 is 18.0 Å². The van der Waals surface area contributed by atoms with Gasteiger partial charge in [0.25, 0.3) is 0 Å². The van der Waals surface area contributed by atoms with Crippen LogP contribution in [0, 0.1) is 0 Å². The Kier molecular flexibility index (Phi) is 4.11. The molecule has 0 aliphatic carbocycles. The van der Waals surface area contributed by atoms with Gasteiger partial charge in [-0.2, -0.15) is 13.2 Å². The fraction of sp³-hybridized carbons (Fsp3) is 0.364. The van der Waals surface area contributed by atoms with Gasteiger partial charge < -0.3 is 10.6 Å². The second-order valence-corrected chi connectivity index (χ2v) is 3.65. The van der Waals surface area contributed by atoms with Gasteiger partial charge in [0.2, 0.25) is 5.91 Å². The normalized spacial score (nSPS) is 11.4. The summed E-state index contributed by atoms with van der Waals surface area (Å²) < 4.78 is 36.9. The number of amides is 1. The Hall–Kier alpha value is -1.56. The minimum absolute atomic E-state index is 0.114. The quantitative estimate of drug-likeness (QED) is 0.881. The van der Waals surface area contributed by atoms with Crippen LogP contribution in [-0.2, 0) is 17.5 Å². The highest BCUT2D eigenvalue weighted by molar-refractivity contribution is 5.77. The Bertz CT molecular complexity index is 387. The van der Waals surface area contributed by atoms with Crippen LogP contribution in [-0.4, -0.2) is 24.4 Å². The summed E-state index contributed by atoms with van der Waals surface area (Å²) in [6, 6.07) is 4.69. The molecular formula is C11H13F3N2O. The maximum absolute atomic E-state index is 12.3. The molecule has 2 N–H and O–H groups in total. The smallest absolute Gasteiger partial charge is 0.340 e. The van der Waals surface area contributed by atoms with Crippen LogP contribution < -0.4 is 5.73 Å². The molecule has 1 rings (SSSR count). The van der Waals surface area contributed by atoms with Crippen LogP contribution >= 0.6 is 0 Å². The molecular weight excluding hydrogens is 233 g/mol. The van der Waals surface area contributed by atoms with Crippen molar-refractivity contribution >= 4 is 5.91 Å². The molecule has 0 aliphatic rings. The van der Waals surface area contributed by atoms with Crippen molar-refractivity contribution in [2.75, 3.05) is 13.6 Å². The Balaban J connectivity index is 2.72. The molecule has 3 nitrogen and oxygen atoms in total. The van der Waals surface area contributed by atoms with E-state index < -0.39 is 11.7 Å². The fourth-order valence-electron chi connectivity index (χ4n) is 1.32. The molecule has 0 unspecified atom stereocenters. The average molecular weight is 246 g/mol. The van der Waals surface area contributed by atoms with Gasteiger partial charge in [0.1, 0.15) is 0 Å². The van der Waals surface area contributed by atoms with Crippen molar-refractivity contribution in [3.05, 3.63) is 35.4 Å². The predicted octanol–water partition coefficient (Wildman–Crippen LogP) is 1.62. The number of alkyl halides is 3. The van der Waals surface area contributed by atoms with Crippen LogP contribution in [0.15, 0.2) is 24.3 Å². The Morgan fingerprint density at radius 2 is 1.82 bits per heavy atom. The lowest BCUT2D eigenvalue weighted by molar-refractivity contribution is -0.137. The molecule has 0 bridgehead atoms. The van der Waals surface area contributed by atoms with E-state index in [9.17, 15) is 18.0 Å². The zero-order chi connectivity index (χ0) is 13.1. The van der Waals surface area contributed by atoms with E-state index in [0.29, 0.717) is 5.56 Å². The lowest BCUT2D eigenvalue weighted by atomic mass is 10.1. The van der Waals surface area contributed by atoms with Crippen molar-refractivity contribution in [1.82, 2.24) is 4.90 Å². The molecule has 0 atom stereocenters. The maximum atomic E-state index is 12.3. The lowest BCUT2D eigenvalue weighted by Gasteiger charge is -2.16. The summed E-state index contributed by atoms with van der Waals surface area (Å²) in [5.74, 6) is -0.259. The molecule has 94 valence electrons. The molecule has 0 fully saturated rings. The van der Waals surface area contributed by atoms with Crippen molar-refractivity contribution in [2.45, 2.75) is 12.7 Å². The summed E-state index contributed by atoms with van der Waals surface area (Å²) >= 11 is 0. The number of nitrogens with zero attached hydrogens (tertiary/aromatic N) is 1. The van der Waals surface area contributed by atoms with Crippen LogP contribution in [0.1, 0.15) is 11.1 Å². The van der Waals surface area contributed by atoms with Gasteiger partial charge in [0, 0.05) is 13.6 Å². The van der Waals surface area contributed by atoms with Gasteiger partial charge in [0.05, 0.1) is 12.1 Å². The van der Waals surface area contributed by atoms with E-state index in [-0.39, 0.29) is 19.0 Å². The second kappa shape index (κ2) is 5.18. The SMILES string of the molecule is CN(Cc1ccc(C(F)(F)F)cc1)C(=O)CN. The molecule has 0 saturated carbocycles. The van der Waals surface area contributed by atoms with Crippen molar-refractivity contribution in [2.24, 2.45) is 5.73 Å². The van der Waals surface area contributed by atoms with E-state index in [0.717, 1.165) is 12.1 Å². The molecule has 0 aromatic heterocycles. The molecule has 0 heterocycles. The molecule has 17 heavy (non-hydrogen) atoms. The molecule has 1 amide bonds. The minimum atomic E-state index is -4.34. The van der Waals surface area contributed by atoms with E-state index in [4.69, 9.17) is 5.73 Å². The Morgan fingerprint density at radius 3 is 2.24 bits per heavy atom. The van der Waals surface area contributed by atoms with E-state index in [2.05, 4.69) is 0 Å². The zero-order valence-corrected chi connectivity index (χ0v) is 9.29. The predicted molar refractivity (Wildman–Crippen MR) is 57.0 cm³/mol. The molecule has 0 radical (unpaired) electrons. The number of carbonyl (C=O) groups is 1. The second-order valence-electron chi connectivity index (χ2n) is 3.65. The van der Waals surface area contributed by atoms with Crippen LogP contribution in [0.25, 0.3) is 0 Å². The number of carbonyl (C=O) groups excluding carboxylic acids is 1. The van der Waals surface area contributed by atoms with Gasteiger partial charge in [0.15, 0.2) is 0 Å². The number of nitrogens with two attached hydrogens (primary N) is 1. The van der Waals surface area contributed by atoms with E-state index in [1.165, 1.54) is 17.0 Å². The first kappa shape index (κ1) is 13.5. The zero-order valence-electron chi connectivity index (χ0n) is 9.29. The molecule has 6 heteroatoms. The van der Waals surface area contributed by atoms with Crippen molar-refractivity contribution in [1.29, 1.82) is 0 Å². The Morgan fingerprint density at radius 1 is 1.29 bits per heavy atom. The summed E-state index contributed by atoms with van der Waals surface area (Å²) in [6.45, 7) is 0.130. The number of likely N-dealkylation sites (N-methyl/N-ethyl adjacent to an activating group) is 1. The number of hydrogen-bond donors (Lipinski definition) is 1. The van der Waals surface area contributed by atoms with Gasteiger partial charge in [-0.1, -0.05) is 12.1 Å². The minimum Gasteiger partial charge on any atom is -0.340 e. The van der Waals surface area contributed by atoms with Crippen LogP contribution in [0.4, 0.5) is 13.2 Å². The average Bonchev–Trinajstić information content (AvgIpc) is 2.27. The maximum Gasteiger partial charge on any atom is 0.416 e. The highest BCUT2D eigenvalue weighted by atomic mass is 19.4. The fourth-order valence-corrected chi connectivity index (χ4v) is 1.32. The third kappa shape index (κ3) is 3.74. The number of rotatable bonds is 3. The number of benzene rings is 1. The molecule has 0 spiro atoms. The van der Waals surface area contributed by atoms with Gasteiger partial charge >= 0.3 is 6.18 Å². The standard InChI is InChI=1S/C11H13F3N2O/c1-16(10(17)6-15)7-8-2-4-9(5-3-8)11(12,13)14/h2-5H,6-7,15H2,1H3. The Labute approximate surface area is 97.0 Å². The van der Waals surface area contributed by atoms with Gasteiger partial charge in [-0.05, 0) is 17.7 Å². The lowest BCUT2D eigenvalue weighted by Crippen LogP contribution is -2.32. The van der Waals surface area contributed by atoms with Gasteiger partial charge in [-0.15, -0.1) is 0 Å².